The van der Waals surface area contributed by atoms with Crippen LogP contribution in [0.2, 0.25) is 0 Å². The van der Waals surface area contributed by atoms with Gasteiger partial charge in [0.05, 0.1) is 11.0 Å². The van der Waals surface area contributed by atoms with Crippen molar-refractivity contribution in [3.63, 3.8) is 0 Å². The van der Waals surface area contributed by atoms with Crippen LogP contribution in [0.3, 0.4) is 0 Å². The van der Waals surface area contributed by atoms with Gasteiger partial charge in [-0.3, -0.25) is 10.1 Å². The molecule has 0 aliphatic rings. The van der Waals surface area contributed by atoms with E-state index in [-0.39, 0.29) is 11.6 Å². The van der Waals surface area contributed by atoms with E-state index in [9.17, 15) is 10.1 Å². The molecule has 0 radical (unpaired) electrons. The quantitative estimate of drug-likeness (QED) is 0.559. The maximum Gasteiger partial charge on any atom is 0.269 e. The minimum Gasteiger partial charge on any atom is -0.258 e. The van der Waals surface area contributed by atoms with Crippen LogP contribution >= 0.6 is 0 Å². The van der Waals surface area contributed by atoms with Crippen LogP contribution in [0.15, 0.2) is 24.3 Å². The monoisotopic (exact) mass is 204 g/mol. The topological polar surface area (TPSA) is 66.9 Å². The summed E-state index contributed by atoms with van der Waals surface area (Å²) < 4.78 is 0. The van der Waals surface area contributed by atoms with Gasteiger partial charge < -0.3 is 0 Å². The van der Waals surface area contributed by atoms with Gasteiger partial charge in [0.1, 0.15) is 0 Å². The highest BCUT2D eigenvalue weighted by atomic mass is 16.6. The number of rotatable bonds is 4. The lowest BCUT2D eigenvalue weighted by Crippen LogP contribution is -1.99. The summed E-state index contributed by atoms with van der Waals surface area (Å²) in [5.41, 5.74) is 1.02. The molecule has 1 rings (SSSR count). The Bertz CT molecular complexity index is 396. The molecule has 78 valence electrons. The highest BCUT2D eigenvalue weighted by Crippen LogP contribution is 2.17. The molecule has 0 fully saturated rings. The summed E-state index contributed by atoms with van der Waals surface area (Å²) in [6.07, 6.45) is 1.18. The van der Waals surface area contributed by atoms with Crippen molar-refractivity contribution in [2.45, 2.75) is 19.8 Å². The summed E-state index contributed by atoms with van der Waals surface area (Å²) in [6.45, 7) is 1.96. The molecule has 0 N–H and O–H groups in total. The van der Waals surface area contributed by atoms with Crippen LogP contribution in [0.25, 0.3) is 0 Å². The fourth-order valence-corrected chi connectivity index (χ4v) is 1.43. The molecule has 0 saturated carbocycles. The summed E-state index contributed by atoms with van der Waals surface area (Å²) >= 11 is 0. The van der Waals surface area contributed by atoms with E-state index in [1.54, 1.807) is 12.1 Å². The Morgan fingerprint density at radius 1 is 1.60 bits per heavy atom. The zero-order valence-electron chi connectivity index (χ0n) is 8.51. The second kappa shape index (κ2) is 5.11. The van der Waals surface area contributed by atoms with Gasteiger partial charge in [-0.05, 0) is 17.9 Å². The Morgan fingerprint density at radius 3 is 2.93 bits per heavy atom. The van der Waals surface area contributed by atoms with Crippen molar-refractivity contribution in [2.75, 3.05) is 0 Å². The zero-order valence-corrected chi connectivity index (χ0v) is 8.51. The molecule has 0 amide bonds. The molecule has 1 unspecified atom stereocenters. The van der Waals surface area contributed by atoms with Gasteiger partial charge in [-0.25, -0.2) is 0 Å². The molecule has 1 aromatic rings. The molecule has 0 aromatic heterocycles. The second-order valence-corrected chi connectivity index (χ2v) is 3.60. The number of nitro benzene ring substituents is 1. The third-order valence-corrected chi connectivity index (χ3v) is 2.15. The van der Waals surface area contributed by atoms with E-state index in [0.717, 1.165) is 5.56 Å². The molecule has 0 saturated heterocycles. The summed E-state index contributed by atoms with van der Waals surface area (Å²) in [7, 11) is 0. The van der Waals surface area contributed by atoms with E-state index < -0.39 is 4.92 Å². The van der Waals surface area contributed by atoms with Crippen molar-refractivity contribution in [3.05, 3.63) is 39.9 Å². The second-order valence-electron chi connectivity index (χ2n) is 3.60. The predicted molar refractivity (Wildman–Crippen MR) is 56.2 cm³/mol. The summed E-state index contributed by atoms with van der Waals surface area (Å²) in [5, 5.41) is 19.0. The van der Waals surface area contributed by atoms with E-state index >= 15 is 0 Å². The molecule has 1 aromatic carbocycles. The number of non-ortho nitro benzene ring substituents is 1. The average molecular weight is 204 g/mol. The molecule has 4 heteroatoms. The smallest absolute Gasteiger partial charge is 0.258 e. The number of hydrogen-bond donors (Lipinski definition) is 0. The Labute approximate surface area is 88.3 Å². The minimum atomic E-state index is -0.404. The molecule has 1 atom stereocenters. The van der Waals surface area contributed by atoms with Crippen molar-refractivity contribution >= 4 is 5.69 Å². The van der Waals surface area contributed by atoms with Crippen LogP contribution in [0.1, 0.15) is 18.9 Å². The Morgan fingerprint density at radius 2 is 2.33 bits per heavy atom. The average Bonchev–Trinajstić information content (AvgIpc) is 2.18. The van der Waals surface area contributed by atoms with Crippen LogP contribution < -0.4 is 0 Å². The van der Waals surface area contributed by atoms with Gasteiger partial charge in [-0.2, -0.15) is 5.26 Å². The maximum absolute atomic E-state index is 10.5. The molecular formula is C11H12N2O2. The number of benzene rings is 1. The normalized spacial score (nSPS) is 11.7. The van der Waals surface area contributed by atoms with E-state index in [2.05, 4.69) is 6.07 Å². The Kier molecular flexibility index (Phi) is 3.81. The van der Waals surface area contributed by atoms with E-state index in [1.807, 2.05) is 13.0 Å². The van der Waals surface area contributed by atoms with Crippen LogP contribution in [0.4, 0.5) is 5.69 Å². The molecule has 0 heterocycles. The number of hydrogen-bond acceptors (Lipinski definition) is 3. The zero-order chi connectivity index (χ0) is 11.3. The maximum atomic E-state index is 10.5. The molecule has 0 aliphatic carbocycles. The van der Waals surface area contributed by atoms with Crippen molar-refractivity contribution < 1.29 is 4.92 Å². The van der Waals surface area contributed by atoms with Crippen molar-refractivity contribution in [2.24, 2.45) is 5.92 Å². The molecule has 0 spiro atoms. The first-order chi connectivity index (χ1) is 7.13. The molecular weight excluding hydrogens is 192 g/mol. The Hall–Kier alpha value is -1.89. The van der Waals surface area contributed by atoms with Crippen molar-refractivity contribution in [3.8, 4) is 6.07 Å². The van der Waals surface area contributed by atoms with Crippen molar-refractivity contribution in [1.29, 1.82) is 5.26 Å². The first kappa shape index (κ1) is 11.2. The fraction of sp³-hybridized carbons (Fsp3) is 0.364. The van der Waals surface area contributed by atoms with Gasteiger partial charge in [0.25, 0.3) is 5.69 Å². The summed E-state index contributed by atoms with van der Waals surface area (Å²) in [5.74, 6) is 0.233. The van der Waals surface area contributed by atoms with Gasteiger partial charge in [-0.1, -0.05) is 19.1 Å². The predicted octanol–water partition coefficient (Wildman–Crippen LogP) is 2.69. The molecule has 4 nitrogen and oxygen atoms in total. The molecule has 0 bridgehead atoms. The summed E-state index contributed by atoms with van der Waals surface area (Å²) in [6, 6.07) is 8.65. The van der Waals surface area contributed by atoms with E-state index in [1.165, 1.54) is 6.07 Å². The number of nitro groups is 1. The summed E-state index contributed by atoms with van der Waals surface area (Å²) in [4.78, 5) is 10.1. The first-order valence-corrected chi connectivity index (χ1v) is 4.73. The highest BCUT2D eigenvalue weighted by molar-refractivity contribution is 5.34. The van der Waals surface area contributed by atoms with Gasteiger partial charge in [0.2, 0.25) is 0 Å². The number of nitrogens with zero attached hydrogens (tertiary/aromatic N) is 2. The SMILES string of the molecule is CC(CC#N)Cc1cccc([N+](=O)[O-])c1. The van der Waals surface area contributed by atoms with Crippen molar-refractivity contribution in [1.82, 2.24) is 0 Å². The lowest BCUT2D eigenvalue weighted by atomic mass is 9.98. The van der Waals surface area contributed by atoms with Crippen LogP contribution in [0, 0.1) is 27.4 Å². The first-order valence-electron chi connectivity index (χ1n) is 4.73. The third-order valence-electron chi connectivity index (χ3n) is 2.15. The minimum absolute atomic E-state index is 0.108. The highest BCUT2D eigenvalue weighted by Gasteiger charge is 2.08. The fourth-order valence-electron chi connectivity index (χ4n) is 1.43. The lowest BCUT2D eigenvalue weighted by molar-refractivity contribution is -0.384. The van der Waals surface area contributed by atoms with E-state index in [0.29, 0.717) is 12.8 Å². The van der Waals surface area contributed by atoms with Crippen LogP contribution in [-0.4, -0.2) is 4.92 Å². The Balaban J connectivity index is 2.74. The van der Waals surface area contributed by atoms with Crippen LogP contribution in [-0.2, 0) is 6.42 Å². The van der Waals surface area contributed by atoms with Crippen LogP contribution in [0.5, 0.6) is 0 Å². The largest absolute Gasteiger partial charge is 0.269 e. The van der Waals surface area contributed by atoms with Gasteiger partial charge in [-0.15, -0.1) is 0 Å². The number of nitriles is 1. The molecule has 15 heavy (non-hydrogen) atoms. The van der Waals surface area contributed by atoms with Gasteiger partial charge in [0.15, 0.2) is 0 Å². The molecule has 0 aliphatic heterocycles. The lowest BCUT2D eigenvalue weighted by Gasteiger charge is -2.06. The third kappa shape index (κ3) is 3.39. The van der Waals surface area contributed by atoms with Gasteiger partial charge in [0, 0.05) is 18.6 Å². The standard InChI is InChI=1S/C11H12N2O2/c1-9(5-6-12)7-10-3-2-4-11(8-10)13(14)15/h2-4,8-9H,5,7H2,1H3. The van der Waals surface area contributed by atoms with Gasteiger partial charge >= 0.3 is 0 Å². The van der Waals surface area contributed by atoms with E-state index in [4.69, 9.17) is 5.26 Å².